The summed E-state index contributed by atoms with van der Waals surface area (Å²) in [6.45, 7) is 2.04. The highest BCUT2D eigenvalue weighted by molar-refractivity contribution is 7.17. The zero-order chi connectivity index (χ0) is 18.6. The number of carbonyl (C=O) groups is 1. The molecule has 0 bridgehead atoms. The van der Waals surface area contributed by atoms with Gasteiger partial charge in [-0.25, -0.2) is 15.1 Å². The van der Waals surface area contributed by atoms with Gasteiger partial charge in [0.15, 0.2) is 10.3 Å². The first-order valence-electron chi connectivity index (χ1n) is 8.72. The molecule has 8 nitrogen and oxygen atoms in total. The van der Waals surface area contributed by atoms with Crippen LogP contribution in [0, 0.1) is 0 Å². The quantitative estimate of drug-likeness (QED) is 0.522. The smallest absolute Gasteiger partial charge is 0.261 e. The van der Waals surface area contributed by atoms with Crippen molar-refractivity contribution in [1.82, 2.24) is 25.4 Å². The number of halogens is 1. The summed E-state index contributed by atoms with van der Waals surface area (Å²) in [7, 11) is 0. The van der Waals surface area contributed by atoms with Crippen LogP contribution in [-0.2, 0) is 11.3 Å². The maximum absolute atomic E-state index is 12.1. The lowest BCUT2D eigenvalue weighted by Crippen LogP contribution is -2.29. The number of para-hydroxylation sites is 1. The van der Waals surface area contributed by atoms with Crippen LogP contribution in [0.5, 0.6) is 0 Å². The maximum Gasteiger partial charge on any atom is 0.261 e. The van der Waals surface area contributed by atoms with E-state index in [0.717, 1.165) is 34.1 Å². The number of nitrogens with zero attached hydrogens (tertiary/aromatic N) is 6. The fourth-order valence-electron chi connectivity index (χ4n) is 2.97. The summed E-state index contributed by atoms with van der Waals surface area (Å²) in [5.41, 5.74) is 4.04. The molecule has 1 N–H and O–H groups in total. The lowest BCUT2D eigenvalue weighted by atomic mass is 10.1. The average molecular weight is 404 g/mol. The van der Waals surface area contributed by atoms with E-state index in [1.54, 1.807) is 0 Å². The van der Waals surface area contributed by atoms with Gasteiger partial charge in [0, 0.05) is 13.1 Å². The van der Waals surface area contributed by atoms with Crippen LogP contribution in [0.15, 0.2) is 29.4 Å². The number of amides is 1. The summed E-state index contributed by atoms with van der Waals surface area (Å²) in [6.07, 6.45) is 5.14. The number of carbonyl (C=O) groups excluding carboxylic acids is 1. The summed E-state index contributed by atoms with van der Waals surface area (Å²) in [4.78, 5) is 19.5. The SMILES string of the molecule is O=C(Cn1nnc2ccccc21)N/N=C\c1sc(N2CCCCC2)nc1Cl. The Morgan fingerprint density at radius 1 is 1.30 bits per heavy atom. The number of thiazole rings is 1. The highest BCUT2D eigenvalue weighted by Crippen LogP contribution is 2.30. The van der Waals surface area contributed by atoms with Gasteiger partial charge in [-0.3, -0.25) is 4.79 Å². The molecule has 1 aliphatic rings. The van der Waals surface area contributed by atoms with E-state index in [-0.39, 0.29) is 12.5 Å². The molecule has 1 saturated heterocycles. The number of benzene rings is 1. The predicted octanol–water partition coefficient (Wildman–Crippen LogP) is 2.68. The van der Waals surface area contributed by atoms with Crippen LogP contribution in [0.2, 0.25) is 5.15 Å². The second kappa shape index (κ2) is 8.01. The maximum atomic E-state index is 12.1. The normalized spacial score (nSPS) is 14.9. The van der Waals surface area contributed by atoms with Crippen molar-refractivity contribution < 1.29 is 4.79 Å². The monoisotopic (exact) mass is 403 g/mol. The van der Waals surface area contributed by atoms with Crippen LogP contribution < -0.4 is 10.3 Å². The number of nitrogens with one attached hydrogen (secondary N) is 1. The molecule has 140 valence electrons. The minimum absolute atomic E-state index is 0.0350. The van der Waals surface area contributed by atoms with Gasteiger partial charge in [-0.2, -0.15) is 5.10 Å². The summed E-state index contributed by atoms with van der Waals surface area (Å²) in [5.74, 6) is -0.293. The van der Waals surface area contributed by atoms with Gasteiger partial charge < -0.3 is 4.90 Å². The number of aromatic nitrogens is 4. The Hall–Kier alpha value is -2.52. The van der Waals surface area contributed by atoms with Crippen molar-refractivity contribution in [3.05, 3.63) is 34.3 Å². The summed E-state index contributed by atoms with van der Waals surface area (Å²) in [5, 5.41) is 13.3. The van der Waals surface area contributed by atoms with Crippen molar-refractivity contribution in [2.45, 2.75) is 25.8 Å². The predicted molar refractivity (Wildman–Crippen MR) is 106 cm³/mol. The van der Waals surface area contributed by atoms with Crippen molar-refractivity contribution in [2.75, 3.05) is 18.0 Å². The lowest BCUT2D eigenvalue weighted by molar-refractivity contribution is -0.121. The zero-order valence-electron chi connectivity index (χ0n) is 14.5. The lowest BCUT2D eigenvalue weighted by Gasteiger charge is -2.25. The molecule has 0 spiro atoms. The second-order valence-corrected chi connectivity index (χ2v) is 7.60. The Labute approximate surface area is 164 Å². The molecule has 1 aromatic carbocycles. The van der Waals surface area contributed by atoms with Crippen LogP contribution in [0.4, 0.5) is 5.13 Å². The van der Waals surface area contributed by atoms with E-state index in [9.17, 15) is 4.79 Å². The van der Waals surface area contributed by atoms with Gasteiger partial charge in [-0.05, 0) is 31.4 Å². The molecule has 0 aliphatic carbocycles. The van der Waals surface area contributed by atoms with Gasteiger partial charge in [0.25, 0.3) is 5.91 Å². The minimum atomic E-state index is -0.293. The number of rotatable bonds is 5. The molecule has 10 heteroatoms. The van der Waals surface area contributed by atoms with Gasteiger partial charge in [-0.15, -0.1) is 5.10 Å². The van der Waals surface area contributed by atoms with Crippen LogP contribution in [-0.4, -0.2) is 45.2 Å². The van der Waals surface area contributed by atoms with E-state index in [4.69, 9.17) is 11.6 Å². The largest absolute Gasteiger partial charge is 0.348 e. The van der Waals surface area contributed by atoms with E-state index in [2.05, 4.69) is 30.7 Å². The van der Waals surface area contributed by atoms with Gasteiger partial charge in [0.1, 0.15) is 12.1 Å². The Kier molecular flexibility index (Phi) is 5.30. The number of hydrogen-bond acceptors (Lipinski definition) is 7. The number of fused-ring (bicyclic) bond motifs is 1. The van der Waals surface area contributed by atoms with E-state index >= 15 is 0 Å². The van der Waals surface area contributed by atoms with Crippen molar-refractivity contribution in [3.63, 3.8) is 0 Å². The van der Waals surface area contributed by atoms with Gasteiger partial charge in [-0.1, -0.05) is 40.3 Å². The van der Waals surface area contributed by atoms with Crippen LogP contribution in [0.1, 0.15) is 24.1 Å². The van der Waals surface area contributed by atoms with Gasteiger partial charge in [0.05, 0.1) is 16.6 Å². The second-order valence-electron chi connectivity index (χ2n) is 6.23. The van der Waals surface area contributed by atoms with E-state index in [0.29, 0.717) is 5.15 Å². The molecule has 2 aromatic heterocycles. The molecule has 3 aromatic rings. The third kappa shape index (κ3) is 4.09. The Morgan fingerprint density at radius 3 is 2.96 bits per heavy atom. The van der Waals surface area contributed by atoms with Gasteiger partial charge >= 0.3 is 0 Å². The molecule has 0 atom stereocenters. The van der Waals surface area contributed by atoms with Crippen LogP contribution in [0.25, 0.3) is 11.0 Å². The molecular formula is C17H18ClN7OS. The first-order chi connectivity index (χ1) is 13.2. The van der Waals surface area contributed by atoms with Crippen molar-refractivity contribution in [2.24, 2.45) is 5.10 Å². The Bertz CT molecular complexity index is 977. The Balaban J connectivity index is 1.37. The number of hydrazone groups is 1. The number of piperidine rings is 1. The van der Waals surface area contributed by atoms with Gasteiger partial charge in [0.2, 0.25) is 0 Å². The highest BCUT2D eigenvalue weighted by atomic mass is 35.5. The topological polar surface area (TPSA) is 88.3 Å². The molecule has 3 heterocycles. The molecular weight excluding hydrogens is 386 g/mol. The zero-order valence-corrected chi connectivity index (χ0v) is 16.1. The van der Waals surface area contributed by atoms with Crippen LogP contribution >= 0.6 is 22.9 Å². The highest BCUT2D eigenvalue weighted by Gasteiger charge is 2.16. The first-order valence-corrected chi connectivity index (χ1v) is 9.91. The number of anilines is 1. The third-order valence-electron chi connectivity index (χ3n) is 4.31. The fourth-order valence-corrected chi connectivity index (χ4v) is 4.15. The summed E-state index contributed by atoms with van der Waals surface area (Å²) < 4.78 is 1.54. The minimum Gasteiger partial charge on any atom is -0.348 e. The van der Waals surface area contributed by atoms with E-state index in [1.165, 1.54) is 41.5 Å². The standard InChI is InChI=1S/C17H18ClN7OS/c18-16-14(27-17(20-16)24-8-4-1-5-9-24)10-19-22-15(26)11-25-13-7-3-2-6-12(13)21-23-25/h2-3,6-7,10H,1,4-5,8-9,11H2,(H,22,26)/b19-10-. The molecule has 1 amide bonds. The molecule has 4 rings (SSSR count). The molecule has 0 unspecified atom stereocenters. The van der Waals surface area contributed by atoms with Crippen molar-refractivity contribution in [1.29, 1.82) is 0 Å². The first kappa shape index (κ1) is 17.9. The van der Waals surface area contributed by atoms with E-state index in [1.807, 2.05) is 24.3 Å². The summed E-state index contributed by atoms with van der Waals surface area (Å²) >= 11 is 7.69. The van der Waals surface area contributed by atoms with E-state index < -0.39 is 0 Å². The fraction of sp³-hybridized carbons (Fsp3) is 0.353. The Morgan fingerprint density at radius 2 is 2.11 bits per heavy atom. The number of hydrogen-bond donors (Lipinski definition) is 1. The van der Waals surface area contributed by atoms with Crippen LogP contribution in [0.3, 0.4) is 0 Å². The summed E-state index contributed by atoms with van der Waals surface area (Å²) in [6, 6.07) is 7.47. The van der Waals surface area contributed by atoms with Crippen molar-refractivity contribution in [3.8, 4) is 0 Å². The average Bonchev–Trinajstić information content (AvgIpc) is 3.27. The molecule has 1 fully saturated rings. The van der Waals surface area contributed by atoms with Crippen molar-refractivity contribution >= 4 is 51.2 Å². The third-order valence-corrected chi connectivity index (χ3v) is 5.76. The molecule has 0 radical (unpaired) electrons. The molecule has 27 heavy (non-hydrogen) atoms. The molecule has 1 aliphatic heterocycles. The molecule has 0 saturated carbocycles.